The molecule has 2 atom stereocenters. The van der Waals surface area contributed by atoms with Crippen molar-refractivity contribution in [2.24, 2.45) is 11.3 Å². The quantitative estimate of drug-likeness (QED) is 0.664. The highest BCUT2D eigenvalue weighted by atomic mass is 16.4. The van der Waals surface area contributed by atoms with Crippen LogP contribution in [0.2, 0.25) is 0 Å². The van der Waals surface area contributed by atoms with E-state index in [9.17, 15) is 4.79 Å². The Kier molecular flexibility index (Phi) is 4.24. The van der Waals surface area contributed by atoms with Crippen molar-refractivity contribution < 1.29 is 15.0 Å². The lowest BCUT2D eigenvalue weighted by molar-refractivity contribution is -0.149. The Morgan fingerprint density at radius 1 is 1.58 bits per heavy atom. The van der Waals surface area contributed by atoms with Crippen LogP contribution in [0.3, 0.4) is 0 Å². The highest BCUT2D eigenvalue weighted by molar-refractivity contribution is 5.73. The van der Waals surface area contributed by atoms with E-state index >= 15 is 0 Å². The lowest BCUT2D eigenvalue weighted by Crippen LogP contribution is -2.29. The monoisotopic (exact) mass is 174 g/mol. The number of rotatable bonds is 5. The van der Waals surface area contributed by atoms with Gasteiger partial charge in [0, 0.05) is 6.61 Å². The summed E-state index contributed by atoms with van der Waals surface area (Å²) in [5.74, 6) is -0.712. The number of carboxylic acids is 1. The van der Waals surface area contributed by atoms with Crippen molar-refractivity contribution >= 4 is 5.97 Å². The summed E-state index contributed by atoms with van der Waals surface area (Å²) in [6.07, 6.45) is 1.14. The van der Waals surface area contributed by atoms with E-state index in [4.69, 9.17) is 10.2 Å². The van der Waals surface area contributed by atoms with Crippen LogP contribution >= 0.6 is 0 Å². The molecule has 3 heteroatoms. The molecular weight excluding hydrogens is 156 g/mol. The largest absolute Gasteiger partial charge is 0.481 e. The molecule has 0 amide bonds. The molecule has 72 valence electrons. The number of aliphatic carboxylic acids is 1. The topological polar surface area (TPSA) is 57.5 Å². The lowest BCUT2D eigenvalue weighted by Gasteiger charge is -2.25. The number of hydrogen-bond donors (Lipinski definition) is 2. The summed E-state index contributed by atoms with van der Waals surface area (Å²) in [7, 11) is 0. The molecule has 0 heterocycles. The molecule has 0 aromatic rings. The van der Waals surface area contributed by atoms with Crippen molar-refractivity contribution in [1.29, 1.82) is 0 Å². The second kappa shape index (κ2) is 4.45. The van der Waals surface area contributed by atoms with E-state index in [0.717, 1.165) is 0 Å². The molecule has 0 fully saturated rings. The van der Waals surface area contributed by atoms with E-state index < -0.39 is 11.4 Å². The van der Waals surface area contributed by atoms with Gasteiger partial charge in [-0.05, 0) is 25.7 Å². The molecular formula is C9H18O3. The molecule has 0 saturated heterocycles. The van der Waals surface area contributed by atoms with Gasteiger partial charge >= 0.3 is 5.97 Å². The van der Waals surface area contributed by atoms with Crippen LogP contribution in [0.25, 0.3) is 0 Å². The average Bonchev–Trinajstić information content (AvgIpc) is 2.03. The molecule has 0 bridgehead atoms. The van der Waals surface area contributed by atoms with Crippen LogP contribution in [0, 0.1) is 11.3 Å². The van der Waals surface area contributed by atoms with Gasteiger partial charge in [-0.3, -0.25) is 4.79 Å². The number of carbonyl (C=O) groups is 1. The molecule has 0 aromatic heterocycles. The van der Waals surface area contributed by atoms with Crippen molar-refractivity contribution in [2.45, 2.75) is 33.6 Å². The lowest BCUT2D eigenvalue weighted by atomic mass is 9.79. The Balaban J connectivity index is 4.23. The van der Waals surface area contributed by atoms with Crippen LogP contribution in [-0.4, -0.2) is 22.8 Å². The summed E-state index contributed by atoms with van der Waals surface area (Å²) in [5.41, 5.74) is -0.678. The van der Waals surface area contributed by atoms with E-state index in [1.165, 1.54) is 0 Å². The summed E-state index contributed by atoms with van der Waals surface area (Å²) in [4.78, 5) is 10.8. The predicted molar refractivity (Wildman–Crippen MR) is 46.9 cm³/mol. The molecule has 0 rings (SSSR count). The van der Waals surface area contributed by atoms with Gasteiger partial charge < -0.3 is 10.2 Å². The fourth-order valence-electron chi connectivity index (χ4n) is 1.22. The average molecular weight is 174 g/mol. The van der Waals surface area contributed by atoms with Gasteiger partial charge in [-0.1, -0.05) is 13.8 Å². The van der Waals surface area contributed by atoms with Gasteiger partial charge in [0.1, 0.15) is 0 Å². The summed E-state index contributed by atoms with van der Waals surface area (Å²) in [6.45, 7) is 5.50. The van der Waals surface area contributed by atoms with Crippen LogP contribution in [0.4, 0.5) is 0 Å². The molecule has 0 aliphatic carbocycles. The highest BCUT2D eigenvalue weighted by Crippen LogP contribution is 2.29. The smallest absolute Gasteiger partial charge is 0.309 e. The molecule has 0 radical (unpaired) electrons. The third-order valence-corrected chi connectivity index (χ3v) is 2.41. The SMILES string of the molecule is CCC(C)(CC(C)CO)C(=O)O. The van der Waals surface area contributed by atoms with Crippen molar-refractivity contribution in [3.8, 4) is 0 Å². The molecule has 2 unspecified atom stereocenters. The van der Waals surface area contributed by atoms with E-state index in [-0.39, 0.29) is 12.5 Å². The standard InChI is InChI=1S/C9H18O3/c1-4-9(3,8(11)12)5-7(2)6-10/h7,10H,4-6H2,1-3H3,(H,11,12). The van der Waals surface area contributed by atoms with Crippen LogP contribution in [-0.2, 0) is 4.79 Å². The Morgan fingerprint density at radius 2 is 2.08 bits per heavy atom. The van der Waals surface area contributed by atoms with Gasteiger partial charge in [-0.2, -0.15) is 0 Å². The van der Waals surface area contributed by atoms with Gasteiger partial charge in [-0.15, -0.1) is 0 Å². The minimum Gasteiger partial charge on any atom is -0.481 e. The molecule has 3 nitrogen and oxygen atoms in total. The fraction of sp³-hybridized carbons (Fsp3) is 0.889. The third kappa shape index (κ3) is 2.81. The second-order valence-corrected chi connectivity index (χ2v) is 3.71. The summed E-state index contributed by atoms with van der Waals surface area (Å²) >= 11 is 0. The Bertz CT molecular complexity index is 156. The van der Waals surface area contributed by atoms with E-state index in [1.807, 2.05) is 13.8 Å². The van der Waals surface area contributed by atoms with Crippen molar-refractivity contribution in [1.82, 2.24) is 0 Å². The molecule has 0 aliphatic heterocycles. The molecule has 0 spiro atoms. The van der Waals surface area contributed by atoms with Crippen LogP contribution < -0.4 is 0 Å². The minimum absolute atomic E-state index is 0.0584. The molecule has 12 heavy (non-hydrogen) atoms. The number of carboxylic acid groups (broad SMARTS) is 1. The van der Waals surface area contributed by atoms with Gasteiger partial charge in [0.2, 0.25) is 0 Å². The summed E-state index contributed by atoms with van der Waals surface area (Å²) in [5, 5.41) is 17.7. The van der Waals surface area contributed by atoms with Gasteiger partial charge in [-0.25, -0.2) is 0 Å². The number of hydrogen-bond acceptors (Lipinski definition) is 2. The van der Waals surface area contributed by atoms with Crippen molar-refractivity contribution in [3.63, 3.8) is 0 Å². The minimum atomic E-state index is -0.773. The van der Waals surface area contributed by atoms with Crippen molar-refractivity contribution in [3.05, 3.63) is 0 Å². The highest BCUT2D eigenvalue weighted by Gasteiger charge is 2.32. The normalized spacial score (nSPS) is 18.3. The molecule has 0 aliphatic rings. The van der Waals surface area contributed by atoms with Crippen LogP contribution in [0.15, 0.2) is 0 Å². The van der Waals surface area contributed by atoms with E-state index in [2.05, 4.69) is 0 Å². The van der Waals surface area contributed by atoms with Crippen molar-refractivity contribution in [2.75, 3.05) is 6.61 Å². The summed E-state index contributed by atoms with van der Waals surface area (Å²) < 4.78 is 0. The first-order chi connectivity index (χ1) is 5.46. The Hall–Kier alpha value is -0.570. The fourth-order valence-corrected chi connectivity index (χ4v) is 1.22. The maximum Gasteiger partial charge on any atom is 0.309 e. The summed E-state index contributed by atoms with van der Waals surface area (Å²) in [6, 6.07) is 0. The van der Waals surface area contributed by atoms with E-state index in [0.29, 0.717) is 12.8 Å². The molecule has 2 N–H and O–H groups in total. The zero-order valence-electron chi connectivity index (χ0n) is 8.00. The first-order valence-corrected chi connectivity index (χ1v) is 4.30. The molecule has 0 aromatic carbocycles. The maximum atomic E-state index is 10.8. The maximum absolute atomic E-state index is 10.8. The predicted octanol–water partition coefficient (Wildman–Crippen LogP) is 1.51. The number of aliphatic hydroxyl groups is 1. The van der Waals surface area contributed by atoms with E-state index in [1.54, 1.807) is 6.92 Å². The first-order valence-electron chi connectivity index (χ1n) is 4.30. The Morgan fingerprint density at radius 3 is 2.33 bits per heavy atom. The zero-order valence-corrected chi connectivity index (χ0v) is 8.00. The Labute approximate surface area is 73.4 Å². The zero-order chi connectivity index (χ0) is 9.78. The third-order valence-electron chi connectivity index (χ3n) is 2.41. The molecule has 0 saturated carbocycles. The van der Waals surface area contributed by atoms with Gasteiger partial charge in [0.25, 0.3) is 0 Å². The second-order valence-electron chi connectivity index (χ2n) is 3.71. The van der Waals surface area contributed by atoms with Crippen LogP contribution in [0.1, 0.15) is 33.6 Å². The number of aliphatic hydroxyl groups excluding tert-OH is 1. The van der Waals surface area contributed by atoms with Gasteiger partial charge in [0.15, 0.2) is 0 Å². The van der Waals surface area contributed by atoms with Gasteiger partial charge in [0.05, 0.1) is 5.41 Å². The first kappa shape index (κ1) is 11.4. The van der Waals surface area contributed by atoms with Crippen LogP contribution in [0.5, 0.6) is 0 Å².